The van der Waals surface area contributed by atoms with Crippen LogP contribution in [0.3, 0.4) is 0 Å². The van der Waals surface area contributed by atoms with Crippen LogP contribution >= 0.6 is 0 Å². The first kappa shape index (κ1) is 17.9. The molecule has 0 amide bonds. The van der Waals surface area contributed by atoms with Crippen LogP contribution in [0.25, 0.3) is 10.9 Å². The molecule has 0 unspecified atom stereocenters. The summed E-state index contributed by atoms with van der Waals surface area (Å²) in [5, 5.41) is 1.16. The first-order valence-electron chi connectivity index (χ1n) is 10.4. The molecule has 0 bridgehead atoms. The van der Waals surface area contributed by atoms with Gasteiger partial charge in [-0.15, -0.1) is 0 Å². The fraction of sp³-hybridized carbons (Fsp3) is 0.231. The van der Waals surface area contributed by atoms with Gasteiger partial charge in [0.15, 0.2) is 0 Å². The molecule has 3 heteroatoms. The molecule has 2 heterocycles. The standard InChI is InChI=1S/C26H25N3/c1-19-14-15-23-22(18-19)26(29-16-8-9-17-29)28-25(27-23)24(20-10-4-2-5-11-20)21-12-6-3-7-13-21/h2-7,10-15,18,24H,8-9,16-17H2,1H3. The number of anilines is 1. The van der Waals surface area contributed by atoms with E-state index < -0.39 is 0 Å². The number of benzene rings is 3. The summed E-state index contributed by atoms with van der Waals surface area (Å²) in [5.41, 5.74) is 4.71. The SMILES string of the molecule is Cc1ccc2nc(C(c3ccccc3)c3ccccc3)nc(N3CCCC3)c2c1. The van der Waals surface area contributed by atoms with Crippen molar-refractivity contribution in [2.45, 2.75) is 25.7 Å². The third kappa shape index (κ3) is 3.49. The Bertz CT molecular complexity index is 1080. The van der Waals surface area contributed by atoms with Gasteiger partial charge in [0.2, 0.25) is 0 Å². The fourth-order valence-corrected chi connectivity index (χ4v) is 4.32. The van der Waals surface area contributed by atoms with Crippen LogP contribution in [0, 0.1) is 6.92 Å². The zero-order chi connectivity index (χ0) is 19.6. The number of aryl methyl sites for hydroxylation is 1. The van der Waals surface area contributed by atoms with E-state index in [0.29, 0.717) is 0 Å². The lowest BCUT2D eigenvalue weighted by molar-refractivity contribution is 0.845. The molecule has 0 N–H and O–H groups in total. The van der Waals surface area contributed by atoms with Gasteiger partial charge >= 0.3 is 0 Å². The van der Waals surface area contributed by atoms with Gasteiger partial charge in [0.05, 0.1) is 11.4 Å². The monoisotopic (exact) mass is 379 g/mol. The maximum Gasteiger partial charge on any atom is 0.143 e. The van der Waals surface area contributed by atoms with E-state index in [-0.39, 0.29) is 5.92 Å². The van der Waals surface area contributed by atoms with Crippen LogP contribution < -0.4 is 4.90 Å². The summed E-state index contributed by atoms with van der Waals surface area (Å²) >= 11 is 0. The van der Waals surface area contributed by atoms with E-state index >= 15 is 0 Å². The lowest BCUT2D eigenvalue weighted by atomic mass is 9.90. The van der Waals surface area contributed by atoms with Crippen LogP contribution in [0.5, 0.6) is 0 Å². The first-order valence-corrected chi connectivity index (χ1v) is 10.4. The van der Waals surface area contributed by atoms with Crippen LogP contribution in [0.4, 0.5) is 5.82 Å². The van der Waals surface area contributed by atoms with Gasteiger partial charge in [-0.2, -0.15) is 0 Å². The normalized spacial score (nSPS) is 14.1. The highest BCUT2D eigenvalue weighted by molar-refractivity contribution is 5.90. The number of rotatable bonds is 4. The van der Waals surface area contributed by atoms with Crippen molar-refractivity contribution in [2.24, 2.45) is 0 Å². The molecule has 0 aliphatic carbocycles. The summed E-state index contributed by atoms with van der Waals surface area (Å²) < 4.78 is 0. The Labute approximate surface area is 172 Å². The maximum absolute atomic E-state index is 5.19. The Morgan fingerprint density at radius 3 is 2.00 bits per heavy atom. The van der Waals surface area contributed by atoms with Gasteiger partial charge in [0, 0.05) is 18.5 Å². The zero-order valence-electron chi connectivity index (χ0n) is 16.8. The van der Waals surface area contributed by atoms with Gasteiger partial charge in [-0.3, -0.25) is 0 Å². The molecule has 1 fully saturated rings. The predicted molar refractivity (Wildman–Crippen MR) is 120 cm³/mol. The van der Waals surface area contributed by atoms with Crippen molar-refractivity contribution in [3.05, 3.63) is 101 Å². The molecule has 5 rings (SSSR count). The number of fused-ring (bicyclic) bond motifs is 1. The van der Waals surface area contributed by atoms with Gasteiger partial charge in [0.1, 0.15) is 11.6 Å². The fourth-order valence-electron chi connectivity index (χ4n) is 4.32. The molecular weight excluding hydrogens is 354 g/mol. The summed E-state index contributed by atoms with van der Waals surface area (Å²) in [6, 6.07) is 27.7. The molecule has 1 aromatic heterocycles. The molecule has 144 valence electrons. The number of aromatic nitrogens is 2. The van der Waals surface area contributed by atoms with E-state index in [2.05, 4.69) is 90.7 Å². The molecule has 1 aliphatic rings. The Balaban J connectivity index is 1.74. The molecule has 0 radical (unpaired) electrons. The van der Waals surface area contributed by atoms with Crippen molar-refractivity contribution in [1.29, 1.82) is 0 Å². The van der Waals surface area contributed by atoms with Crippen molar-refractivity contribution < 1.29 is 0 Å². The largest absolute Gasteiger partial charge is 0.356 e. The predicted octanol–water partition coefficient (Wildman–Crippen LogP) is 5.72. The van der Waals surface area contributed by atoms with Crippen LogP contribution in [0.15, 0.2) is 78.9 Å². The second-order valence-corrected chi connectivity index (χ2v) is 7.87. The number of nitrogens with zero attached hydrogens (tertiary/aromatic N) is 3. The lowest BCUT2D eigenvalue weighted by Gasteiger charge is -2.23. The highest BCUT2D eigenvalue weighted by atomic mass is 15.2. The minimum absolute atomic E-state index is 0.0180. The summed E-state index contributed by atoms with van der Waals surface area (Å²) in [7, 11) is 0. The lowest BCUT2D eigenvalue weighted by Crippen LogP contribution is -2.21. The third-order valence-corrected chi connectivity index (χ3v) is 5.78. The van der Waals surface area contributed by atoms with Crippen LogP contribution in [0.1, 0.15) is 41.3 Å². The molecule has 3 nitrogen and oxygen atoms in total. The zero-order valence-corrected chi connectivity index (χ0v) is 16.8. The smallest absolute Gasteiger partial charge is 0.143 e. The van der Waals surface area contributed by atoms with Crippen molar-refractivity contribution in [3.63, 3.8) is 0 Å². The molecule has 0 atom stereocenters. The van der Waals surface area contributed by atoms with E-state index in [9.17, 15) is 0 Å². The maximum atomic E-state index is 5.19. The van der Waals surface area contributed by atoms with Crippen molar-refractivity contribution >= 4 is 16.7 Å². The quantitative estimate of drug-likeness (QED) is 0.454. The molecule has 0 spiro atoms. The summed E-state index contributed by atoms with van der Waals surface area (Å²) in [4.78, 5) is 12.7. The van der Waals surface area contributed by atoms with Gasteiger partial charge in [0.25, 0.3) is 0 Å². The Kier molecular flexibility index (Phi) is 4.73. The van der Waals surface area contributed by atoms with E-state index in [1.165, 1.54) is 29.5 Å². The number of hydrogen-bond acceptors (Lipinski definition) is 3. The van der Waals surface area contributed by atoms with Crippen molar-refractivity contribution in [1.82, 2.24) is 9.97 Å². The number of hydrogen-bond donors (Lipinski definition) is 0. The second-order valence-electron chi connectivity index (χ2n) is 7.87. The molecule has 1 saturated heterocycles. The topological polar surface area (TPSA) is 29.0 Å². The van der Waals surface area contributed by atoms with E-state index in [1.807, 2.05) is 0 Å². The molecule has 1 aliphatic heterocycles. The second kappa shape index (κ2) is 7.67. The van der Waals surface area contributed by atoms with Gasteiger partial charge in [-0.1, -0.05) is 72.3 Å². The van der Waals surface area contributed by atoms with Crippen LogP contribution in [-0.2, 0) is 0 Å². The minimum Gasteiger partial charge on any atom is -0.356 e. The molecule has 29 heavy (non-hydrogen) atoms. The van der Waals surface area contributed by atoms with Crippen LogP contribution in [-0.4, -0.2) is 23.1 Å². The summed E-state index contributed by atoms with van der Waals surface area (Å²) in [5.74, 6) is 1.98. The Hall–Kier alpha value is -3.20. The Morgan fingerprint density at radius 1 is 0.759 bits per heavy atom. The van der Waals surface area contributed by atoms with Gasteiger partial charge in [-0.25, -0.2) is 9.97 Å². The van der Waals surface area contributed by atoms with Crippen LogP contribution in [0.2, 0.25) is 0 Å². The van der Waals surface area contributed by atoms with Crippen molar-refractivity contribution in [3.8, 4) is 0 Å². The highest BCUT2D eigenvalue weighted by Gasteiger charge is 2.24. The van der Waals surface area contributed by atoms with E-state index in [1.54, 1.807) is 0 Å². The van der Waals surface area contributed by atoms with Gasteiger partial charge < -0.3 is 4.90 Å². The Morgan fingerprint density at radius 2 is 1.38 bits per heavy atom. The minimum atomic E-state index is 0.0180. The summed E-state index contributed by atoms with van der Waals surface area (Å²) in [6.07, 6.45) is 2.46. The van der Waals surface area contributed by atoms with Gasteiger partial charge in [-0.05, 0) is 43.0 Å². The van der Waals surface area contributed by atoms with Crippen molar-refractivity contribution in [2.75, 3.05) is 18.0 Å². The molecule has 4 aromatic rings. The summed E-state index contributed by atoms with van der Waals surface area (Å²) in [6.45, 7) is 4.28. The third-order valence-electron chi connectivity index (χ3n) is 5.78. The highest BCUT2D eigenvalue weighted by Crippen LogP contribution is 2.34. The molecule has 0 saturated carbocycles. The average molecular weight is 380 g/mol. The first-order chi connectivity index (χ1) is 14.3. The average Bonchev–Trinajstić information content (AvgIpc) is 3.30. The molecular formula is C26H25N3. The van der Waals surface area contributed by atoms with E-state index in [0.717, 1.165) is 35.6 Å². The van der Waals surface area contributed by atoms with E-state index in [4.69, 9.17) is 9.97 Å². The molecule has 3 aromatic carbocycles.